The fourth-order valence-corrected chi connectivity index (χ4v) is 3.29. The van der Waals surface area contributed by atoms with Crippen molar-refractivity contribution in [1.29, 1.82) is 0 Å². The Morgan fingerprint density at radius 1 is 1.11 bits per heavy atom. The van der Waals surface area contributed by atoms with Gasteiger partial charge in [0, 0.05) is 43.8 Å². The van der Waals surface area contributed by atoms with Gasteiger partial charge in [0.2, 0.25) is 0 Å². The first-order valence-corrected chi connectivity index (χ1v) is 9.47. The van der Waals surface area contributed by atoms with Crippen molar-refractivity contribution in [2.75, 3.05) is 27.7 Å². The average Bonchev–Trinajstić information content (AvgIpc) is 3.06. The van der Waals surface area contributed by atoms with Crippen LogP contribution < -0.4 is 10.6 Å². The number of aromatic nitrogens is 1. The normalized spacial score (nSPS) is 12.0. The summed E-state index contributed by atoms with van der Waals surface area (Å²) in [7, 11) is 5.91. The number of guanidine groups is 1. The van der Waals surface area contributed by atoms with Crippen LogP contribution in [0.5, 0.6) is 0 Å². The van der Waals surface area contributed by atoms with Crippen LogP contribution in [0.25, 0.3) is 10.9 Å². The maximum atomic E-state index is 13.3. The highest BCUT2D eigenvalue weighted by Crippen LogP contribution is 2.19. The van der Waals surface area contributed by atoms with E-state index >= 15 is 0 Å². The predicted octanol–water partition coefficient (Wildman–Crippen LogP) is 3.28. The number of H-pyrrole nitrogens is 1. The molecule has 1 heterocycles. The van der Waals surface area contributed by atoms with E-state index in [-0.39, 0.29) is 5.82 Å². The van der Waals surface area contributed by atoms with E-state index in [9.17, 15) is 4.39 Å². The summed E-state index contributed by atoms with van der Waals surface area (Å²) < 4.78 is 13.3. The van der Waals surface area contributed by atoms with Crippen LogP contribution in [-0.2, 0) is 19.5 Å². The van der Waals surface area contributed by atoms with E-state index in [0.717, 1.165) is 41.9 Å². The van der Waals surface area contributed by atoms with Crippen molar-refractivity contribution in [3.63, 3.8) is 0 Å². The number of aliphatic imine (C=N–C) groups is 1. The zero-order valence-corrected chi connectivity index (χ0v) is 16.7. The van der Waals surface area contributed by atoms with Crippen molar-refractivity contribution in [1.82, 2.24) is 20.5 Å². The van der Waals surface area contributed by atoms with E-state index in [1.807, 2.05) is 12.3 Å². The summed E-state index contributed by atoms with van der Waals surface area (Å²) in [5.41, 5.74) is 4.51. The van der Waals surface area contributed by atoms with Crippen molar-refractivity contribution < 1.29 is 4.39 Å². The minimum Gasteiger partial charge on any atom is -0.361 e. The van der Waals surface area contributed by atoms with Gasteiger partial charge in [-0.2, -0.15) is 0 Å². The van der Waals surface area contributed by atoms with Gasteiger partial charge in [0.25, 0.3) is 0 Å². The monoisotopic (exact) mass is 381 g/mol. The van der Waals surface area contributed by atoms with Crippen LogP contribution in [-0.4, -0.2) is 43.5 Å². The lowest BCUT2D eigenvalue weighted by Crippen LogP contribution is -2.37. The van der Waals surface area contributed by atoms with Crippen molar-refractivity contribution in [2.45, 2.75) is 19.5 Å². The lowest BCUT2D eigenvalue weighted by molar-refractivity contribution is 0.402. The molecule has 0 aliphatic carbocycles. The molecule has 3 rings (SSSR count). The quantitative estimate of drug-likeness (QED) is 0.435. The Morgan fingerprint density at radius 2 is 1.93 bits per heavy atom. The average molecular weight is 381 g/mol. The smallest absolute Gasteiger partial charge is 0.191 e. The molecule has 0 amide bonds. The molecule has 148 valence electrons. The molecule has 5 nitrogen and oxygen atoms in total. The fourth-order valence-electron chi connectivity index (χ4n) is 3.29. The molecule has 0 spiro atoms. The fraction of sp³-hybridized carbons (Fsp3) is 0.318. The van der Waals surface area contributed by atoms with E-state index in [1.165, 1.54) is 23.3 Å². The van der Waals surface area contributed by atoms with E-state index in [2.05, 4.69) is 63.9 Å². The number of rotatable bonds is 7. The minimum absolute atomic E-state index is 0.224. The van der Waals surface area contributed by atoms with Gasteiger partial charge >= 0.3 is 0 Å². The van der Waals surface area contributed by atoms with Crippen LogP contribution in [0, 0.1) is 5.82 Å². The van der Waals surface area contributed by atoms with Gasteiger partial charge in [-0.15, -0.1) is 0 Å². The summed E-state index contributed by atoms with van der Waals surface area (Å²) in [4.78, 5) is 9.58. The van der Waals surface area contributed by atoms with Crippen LogP contribution in [0.4, 0.5) is 4.39 Å². The molecule has 6 heteroatoms. The van der Waals surface area contributed by atoms with Gasteiger partial charge in [-0.05, 0) is 55.4 Å². The molecule has 0 bridgehead atoms. The van der Waals surface area contributed by atoms with E-state index < -0.39 is 0 Å². The van der Waals surface area contributed by atoms with Crippen molar-refractivity contribution in [3.05, 3.63) is 71.2 Å². The first-order chi connectivity index (χ1) is 13.5. The lowest BCUT2D eigenvalue weighted by Gasteiger charge is -2.13. The predicted molar refractivity (Wildman–Crippen MR) is 114 cm³/mol. The van der Waals surface area contributed by atoms with Crippen LogP contribution in [0.3, 0.4) is 0 Å². The first kappa shape index (κ1) is 19.9. The number of benzene rings is 2. The SMILES string of the molecule is CN=C(NCCc1c[nH]c2cc(F)ccc12)NCc1cccc(CN(C)C)c1. The van der Waals surface area contributed by atoms with E-state index in [4.69, 9.17) is 0 Å². The largest absolute Gasteiger partial charge is 0.361 e. The molecule has 0 saturated carbocycles. The van der Waals surface area contributed by atoms with Crippen molar-refractivity contribution >= 4 is 16.9 Å². The Labute approximate surface area is 165 Å². The van der Waals surface area contributed by atoms with Gasteiger partial charge in [-0.3, -0.25) is 4.99 Å². The number of hydrogen-bond acceptors (Lipinski definition) is 2. The molecular weight excluding hydrogens is 353 g/mol. The number of nitrogens with zero attached hydrogens (tertiary/aromatic N) is 2. The highest BCUT2D eigenvalue weighted by atomic mass is 19.1. The van der Waals surface area contributed by atoms with E-state index in [1.54, 1.807) is 7.05 Å². The molecule has 0 unspecified atom stereocenters. The van der Waals surface area contributed by atoms with Crippen molar-refractivity contribution in [3.8, 4) is 0 Å². The standard InChI is InChI=1S/C22H28FN5/c1-24-22(27-13-16-5-4-6-17(11-16)15-28(2)3)25-10-9-18-14-26-21-12-19(23)7-8-20(18)21/h4-8,11-12,14,26H,9-10,13,15H2,1-3H3,(H2,24,25,27). The Morgan fingerprint density at radius 3 is 2.71 bits per heavy atom. The molecule has 0 aliphatic rings. The number of hydrogen-bond donors (Lipinski definition) is 3. The highest BCUT2D eigenvalue weighted by molar-refractivity contribution is 5.83. The minimum atomic E-state index is -0.224. The number of nitrogens with one attached hydrogen (secondary N) is 3. The Balaban J connectivity index is 1.51. The second-order valence-electron chi connectivity index (χ2n) is 7.16. The molecule has 0 atom stereocenters. The molecule has 3 aromatic rings. The van der Waals surface area contributed by atoms with Gasteiger partial charge in [0.1, 0.15) is 5.82 Å². The van der Waals surface area contributed by atoms with Crippen LogP contribution in [0.2, 0.25) is 0 Å². The molecule has 28 heavy (non-hydrogen) atoms. The van der Waals surface area contributed by atoms with Crippen LogP contribution in [0.1, 0.15) is 16.7 Å². The van der Waals surface area contributed by atoms with Crippen LogP contribution >= 0.6 is 0 Å². The first-order valence-electron chi connectivity index (χ1n) is 9.47. The molecule has 3 N–H and O–H groups in total. The lowest BCUT2D eigenvalue weighted by atomic mass is 10.1. The third-order valence-electron chi connectivity index (χ3n) is 4.59. The second kappa shape index (κ2) is 9.37. The summed E-state index contributed by atoms with van der Waals surface area (Å²) >= 11 is 0. The molecular formula is C22H28FN5. The van der Waals surface area contributed by atoms with Crippen LogP contribution in [0.15, 0.2) is 53.7 Å². The zero-order chi connectivity index (χ0) is 19.9. The van der Waals surface area contributed by atoms with E-state index in [0.29, 0.717) is 6.54 Å². The number of halogens is 1. The van der Waals surface area contributed by atoms with Gasteiger partial charge < -0.3 is 20.5 Å². The summed E-state index contributed by atoms with van der Waals surface area (Å²) in [6, 6.07) is 13.4. The maximum absolute atomic E-state index is 13.3. The maximum Gasteiger partial charge on any atom is 0.191 e. The zero-order valence-electron chi connectivity index (χ0n) is 16.7. The summed E-state index contributed by atoms with van der Waals surface area (Å²) in [5, 5.41) is 7.76. The Kier molecular flexibility index (Phi) is 6.66. The summed E-state index contributed by atoms with van der Waals surface area (Å²) in [5.74, 6) is 0.544. The van der Waals surface area contributed by atoms with Gasteiger partial charge in [-0.25, -0.2) is 4.39 Å². The molecule has 0 saturated heterocycles. The van der Waals surface area contributed by atoms with Crippen molar-refractivity contribution in [2.24, 2.45) is 4.99 Å². The third-order valence-corrected chi connectivity index (χ3v) is 4.59. The van der Waals surface area contributed by atoms with Gasteiger partial charge in [-0.1, -0.05) is 24.3 Å². The van der Waals surface area contributed by atoms with Gasteiger partial charge in [0.05, 0.1) is 0 Å². The molecule has 2 aromatic carbocycles. The second-order valence-corrected chi connectivity index (χ2v) is 7.16. The summed E-state index contributed by atoms with van der Waals surface area (Å²) in [6.07, 6.45) is 2.77. The topological polar surface area (TPSA) is 55.5 Å². The molecule has 0 radical (unpaired) electrons. The number of aromatic amines is 1. The van der Waals surface area contributed by atoms with Gasteiger partial charge in [0.15, 0.2) is 5.96 Å². The highest BCUT2D eigenvalue weighted by Gasteiger charge is 2.05. The number of fused-ring (bicyclic) bond motifs is 1. The molecule has 0 fully saturated rings. The third kappa shape index (κ3) is 5.33. The Bertz CT molecular complexity index is 945. The molecule has 0 aliphatic heterocycles. The summed E-state index contributed by atoms with van der Waals surface area (Å²) in [6.45, 7) is 2.38. The molecule has 1 aromatic heterocycles. The Hall–Kier alpha value is -2.86.